The van der Waals surface area contributed by atoms with Crippen LogP contribution >= 0.6 is 35.4 Å². The molecule has 96 valence electrons. The maximum absolute atomic E-state index is 14.0. The van der Waals surface area contributed by atoms with E-state index in [0.29, 0.717) is 20.8 Å². The van der Waals surface area contributed by atoms with Gasteiger partial charge in [0.15, 0.2) is 4.77 Å². The molecule has 0 bridgehead atoms. The van der Waals surface area contributed by atoms with Crippen molar-refractivity contribution in [1.29, 1.82) is 0 Å². The third-order valence-corrected chi connectivity index (χ3v) is 3.73. The molecule has 0 saturated carbocycles. The van der Waals surface area contributed by atoms with Gasteiger partial charge in [0.1, 0.15) is 11.5 Å². The molecule has 0 spiro atoms. The normalized spacial score (nSPS) is 11.1. The molecule has 0 amide bonds. The number of halogens is 3. The van der Waals surface area contributed by atoms with E-state index >= 15 is 0 Å². The molecule has 0 fully saturated rings. The van der Waals surface area contributed by atoms with Crippen LogP contribution in [0.3, 0.4) is 0 Å². The van der Waals surface area contributed by atoms with Crippen molar-refractivity contribution in [3.8, 4) is 5.69 Å². The number of rotatable bonds is 1. The van der Waals surface area contributed by atoms with Crippen molar-refractivity contribution in [2.75, 3.05) is 0 Å². The highest BCUT2D eigenvalue weighted by atomic mass is 35.5. The van der Waals surface area contributed by atoms with Crippen molar-refractivity contribution in [3.05, 3.63) is 57.0 Å². The van der Waals surface area contributed by atoms with Crippen molar-refractivity contribution in [2.45, 2.75) is 0 Å². The van der Waals surface area contributed by atoms with E-state index in [0.717, 1.165) is 0 Å². The lowest BCUT2D eigenvalue weighted by molar-refractivity contribution is 0.619. The van der Waals surface area contributed by atoms with E-state index in [2.05, 4.69) is 4.98 Å². The van der Waals surface area contributed by atoms with Crippen LogP contribution in [0.5, 0.6) is 0 Å². The van der Waals surface area contributed by atoms with E-state index in [1.807, 2.05) is 0 Å². The number of hydrogen-bond donors (Lipinski definition) is 1. The van der Waals surface area contributed by atoms with Gasteiger partial charge in [-0.2, -0.15) is 0 Å². The van der Waals surface area contributed by atoms with Crippen molar-refractivity contribution in [3.63, 3.8) is 0 Å². The lowest BCUT2D eigenvalue weighted by Crippen LogP contribution is -1.98. The topological polar surface area (TPSA) is 20.7 Å². The monoisotopic (exact) mass is 312 g/mol. The Morgan fingerprint density at radius 2 is 1.74 bits per heavy atom. The Kier molecular flexibility index (Phi) is 3.09. The summed E-state index contributed by atoms with van der Waals surface area (Å²) in [6.07, 6.45) is 0. The summed E-state index contributed by atoms with van der Waals surface area (Å²) in [6.45, 7) is 0. The average Bonchev–Trinajstić information content (AvgIpc) is 2.68. The molecule has 0 aliphatic rings. The molecular weight excluding hydrogens is 306 g/mol. The van der Waals surface area contributed by atoms with Crippen LogP contribution in [0.2, 0.25) is 10.0 Å². The second-order valence-electron chi connectivity index (χ2n) is 3.97. The molecule has 2 aromatic carbocycles. The van der Waals surface area contributed by atoms with Crippen molar-refractivity contribution >= 4 is 46.5 Å². The van der Waals surface area contributed by atoms with E-state index in [-0.39, 0.29) is 10.7 Å². The van der Waals surface area contributed by atoms with Gasteiger partial charge < -0.3 is 4.98 Å². The van der Waals surface area contributed by atoms with Crippen molar-refractivity contribution in [1.82, 2.24) is 9.55 Å². The lowest BCUT2D eigenvalue weighted by atomic mass is 10.2. The van der Waals surface area contributed by atoms with Gasteiger partial charge in [-0.05, 0) is 36.5 Å². The van der Waals surface area contributed by atoms with E-state index in [9.17, 15) is 4.39 Å². The van der Waals surface area contributed by atoms with Crippen LogP contribution in [0.4, 0.5) is 4.39 Å². The number of fused-ring (bicyclic) bond motifs is 1. The number of benzene rings is 2. The maximum atomic E-state index is 14.0. The highest BCUT2D eigenvalue weighted by Gasteiger charge is 2.15. The molecule has 0 atom stereocenters. The molecular formula is C13H7Cl2FN2S. The summed E-state index contributed by atoms with van der Waals surface area (Å²) < 4.78 is 15.9. The maximum Gasteiger partial charge on any atom is 0.182 e. The first-order valence-electron chi connectivity index (χ1n) is 5.43. The van der Waals surface area contributed by atoms with Gasteiger partial charge in [-0.3, -0.25) is 4.57 Å². The molecule has 3 aromatic rings. The Morgan fingerprint density at radius 3 is 2.47 bits per heavy atom. The largest absolute Gasteiger partial charge is 0.329 e. The zero-order valence-corrected chi connectivity index (χ0v) is 11.8. The Bertz CT molecular complexity index is 818. The molecule has 2 nitrogen and oxygen atoms in total. The molecule has 0 unspecified atom stereocenters. The SMILES string of the molecule is Fc1cccc(Cl)c1-n1c(=S)[nH]c2c(Cl)cccc21. The van der Waals surface area contributed by atoms with Crippen LogP contribution in [0.15, 0.2) is 36.4 Å². The number of nitrogens with one attached hydrogen (secondary N) is 1. The molecule has 1 aromatic heterocycles. The summed E-state index contributed by atoms with van der Waals surface area (Å²) in [5, 5.41) is 0.812. The minimum Gasteiger partial charge on any atom is -0.329 e. The van der Waals surface area contributed by atoms with Gasteiger partial charge in [-0.1, -0.05) is 35.3 Å². The predicted molar refractivity (Wildman–Crippen MR) is 78.4 cm³/mol. The molecule has 0 aliphatic carbocycles. The van der Waals surface area contributed by atoms with Crippen molar-refractivity contribution in [2.24, 2.45) is 0 Å². The van der Waals surface area contributed by atoms with Crippen LogP contribution in [-0.4, -0.2) is 9.55 Å². The Labute approximate surface area is 123 Å². The van der Waals surface area contributed by atoms with Gasteiger partial charge >= 0.3 is 0 Å². The highest BCUT2D eigenvalue weighted by molar-refractivity contribution is 7.71. The smallest absolute Gasteiger partial charge is 0.182 e. The van der Waals surface area contributed by atoms with E-state index < -0.39 is 5.82 Å². The second kappa shape index (κ2) is 4.63. The van der Waals surface area contributed by atoms with Crippen LogP contribution < -0.4 is 0 Å². The lowest BCUT2D eigenvalue weighted by Gasteiger charge is -2.08. The van der Waals surface area contributed by atoms with Crippen LogP contribution in [-0.2, 0) is 0 Å². The molecule has 1 heterocycles. The van der Waals surface area contributed by atoms with Gasteiger partial charge in [0.25, 0.3) is 0 Å². The molecule has 0 radical (unpaired) electrons. The minimum absolute atomic E-state index is 0.225. The first-order chi connectivity index (χ1) is 9.09. The van der Waals surface area contributed by atoms with Gasteiger partial charge in [-0.25, -0.2) is 4.39 Å². The Hall–Kier alpha value is -1.36. The van der Waals surface area contributed by atoms with Crippen LogP contribution in [0, 0.1) is 10.6 Å². The number of aromatic amines is 1. The fourth-order valence-corrected chi connectivity index (χ4v) is 2.78. The second-order valence-corrected chi connectivity index (χ2v) is 5.17. The summed E-state index contributed by atoms with van der Waals surface area (Å²) in [6, 6.07) is 9.82. The van der Waals surface area contributed by atoms with E-state index in [4.69, 9.17) is 35.4 Å². The van der Waals surface area contributed by atoms with Crippen LogP contribution in [0.25, 0.3) is 16.7 Å². The van der Waals surface area contributed by atoms with E-state index in [1.165, 1.54) is 6.07 Å². The zero-order chi connectivity index (χ0) is 13.6. The quantitative estimate of drug-likeness (QED) is 0.617. The third kappa shape index (κ3) is 1.96. The number of nitrogens with zero attached hydrogens (tertiary/aromatic N) is 1. The predicted octanol–water partition coefficient (Wildman–Crippen LogP) is 5.13. The first kappa shape index (κ1) is 12.7. The summed E-state index contributed by atoms with van der Waals surface area (Å²) >= 11 is 17.4. The highest BCUT2D eigenvalue weighted by Crippen LogP contribution is 2.30. The molecule has 19 heavy (non-hydrogen) atoms. The summed E-state index contributed by atoms with van der Waals surface area (Å²) in [5.41, 5.74) is 1.57. The minimum atomic E-state index is -0.440. The van der Waals surface area contributed by atoms with Gasteiger partial charge in [0, 0.05) is 0 Å². The van der Waals surface area contributed by atoms with Gasteiger partial charge in [0.2, 0.25) is 0 Å². The number of aromatic nitrogens is 2. The molecule has 1 N–H and O–H groups in total. The summed E-state index contributed by atoms with van der Waals surface area (Å²) in [5.74, 6) is -0.440. The van der Waals surface area contributed by atoms with Crippen LogP contribution in [0.1, 0.15) is 0 Å². The molecule has 0 aliphatic heterocycles. The Morgan fingerprint density at radius 1 is 1.05 bits per heavy atom. The molecule has 3 rings (SSSR count). The van der Waals surface area contributed by atoms with Gasteiger partial charge in [-0.15, -0.1) is 0 Å². The standard InChI is InChI=1S/C13H7Cl2FN2S/c14-7-3-2-6-10-11(7)17-13(19)18(10)12-8(15)4-1-5-9(12)16/h1-6H,(H,17,19). The van der Waals surface area contributed by atoms with Gasteiger partial charge in [0.05, 0.1) is 21.1 Å². The summed E-state index contributed by atoms with van der Waals surface area (Å²) in [4.78, 5) is 2.97. The average molecular weight is 313 g/mol. The Balaban J connectivity index is 2.47. The fraction of sp³-hybridized carbons (Fsp3) is 0. The summed E-state index contributed by atoms with van der Waals surface area (Å²) in [7, 11) is 0. The fourth-order valence-electron chi connectivity index (χ4n) is 2.02. The van der Waals surface area contributed by atoms with E-state index in [1.54, 1.807) is 34.9 Å². The van der Waals surface area contributed by atoms with Crippen molar-refractivity contribution < 1.29 is 4.39 Å². The zero-order valence-electron chi connectivity index (χ0n) is 9.45. The molecule has 6 heteroatoms. The number of para-hydroxylation sites is 2. The number of hydrogen-bond acceptors (Lipinski definition) is 1. The number of H-pyrrole nitrogens is 1. The number of imidazole rings is 1. The first-order valence-corrected chi connectivity index (χ1v) is 6.59. The molecule has 0 saturated heterocycles. The third-order valence-electron chi connectivity index (χ3n) is 2.83.